The molecular formula is C78H60F8N4O18S2. The smallest absolute Gasteiger partial charge is 0.497 e. The van der Waals surface area contributed by atoms with Crippen molar-refractivity contribution >= 4 is 92.9 Å². The molecule has 0 radical (unpaired) electrons. The minimum absolute atomic E-state index is 0.00114. The summed E-state index contributed by atoms with van der Waals surface area (Å²) >= 11 is 1.71. The molecule has 0 fully saturated rings. The molecule has 2 aliphatic rings. The van der Waals surface area contributed by atoms with Gasteiger partial charge in [-0.25, -0.2) is 41.1 Å². The molecule has 0 saturated carbocycles. The quantitative estimate of drug-likeness (QED) is 0.0317. The SMILES string of the molecule is COc1cccc(-c2ccc(NC(=O)C3=C(C(=O)O)C(O)CC3)c(F)c2)c1.COc1cccc(-c2ccc(NC(=O)C3=C(C(=O)O)CCC3O)c(F)c2)c1.COc1cccc(-c2ccc(NC(=O)c3ccsc3C(=O)O)c(F)c2)c1.O=C(Nc1c(F)cc(-c2cccc(OC(F)(F)F)c2)cc1F)c1ccsc1C(=O)O. The van der Waals surface area contributed by atoms with E-state index in [0.29, 0.717) is 33.9 Å². The standard InChI is InChI=1S/2C20H18FNO5.C19H10F5NO4S.C19H14FNO4S/c1-27-13-4-2-3-11(9-13)12-5-7-16(15(21)10-12)22-19(24)18-14(20(25)26)6-8-17(18)23;1-27-13-4-2-3-11(9-13)12-5-7-16(15(21)10-12)22-19(24)14-6-8-17(23)18(14)20(25)26;20-13-7-10(9-2-1-3-11(6-9)29-19(22,23)24)8-14(21)15(13)25-17(26)12-4-5-30-16(12)18(27)28;1-25-13-4-2-3-11(9-13)12-5-6-16(15(20)10-12)21-18(22)14-7-8-26-17(14)19(23)24/h2*2-5,7,9-10,17,23H,6,8H2,1H3,(H,22,24)(H,25,26);1-8H,(H,25,26)(H,27,28);2-10H,1H3,(H,21,22)(H,23,24). The molecule has 10 aromatic rings. The number of anilines is 4. The Morgan fingerprint density at radius 2 is 0.727 bits per heavy atom. The van der Waals surface area contributed by atoms with Gasteiger partial charge >= 0.3 is 30.2 Å². The summed E-state index contributed by atoms with van der Waals surface area (Å²) in [4.78, 5) is 93.4. The van der Waals surface area contributed by atoms with Crippen LogP contribution < -0.4 is 40.2 Å². The van der Waals surface area contributed by atoms with E-state index in [9.17, 15) is 83.7 Å². The van der Waals surface area contributed by atoms with E-state index in [2.05, 4.69) is 20.7 Å². The molecule has 2 heterocycles. The van der Waals surface area contributed by atoms with Crippen molar-refractivity contribution in [2.45, 2.75) is 44.3 Å². The Labute approximate surface area is 626 Å². The van der Waals surface area contributed by atoms with Crippen LogP contribution in [0, 0.1) is 29.1 Å². The number of aliphatic carboxylic acids is 2. The van der Waals surface area contributed by atoms with Crippen LogP contribution in [0.25, 0.3) is 44.5 Å². The zero-order valence-electron chi connectivity index (χ0n) is 57.3. The van der Waals surface area contributed by atoms with Crippen LogP contribution in [0.5, 0.6) is 23.0 Å². The minimum Gasteiger partial charge on any atom is -0.497 e. The fourth-order valence-corrected chi connectivity index (χ4v) is 12.6. The fourth-order valence-electron chi connectivity index (χ4n) is 11.1. The number of aliphatic hydroxyl groups is 2. The number of carbonyl (C=O) groups is 8. The number of thiophene rings is 2. The molecular weight excluding hydrogens is 1500 g/mol. The van der Waals surface area contributed by atoms with Crippen molar-refractivity contribution in [3.8, 4) is 67.5 Å². The Kier molecular flexibility index (Phi) is 26.6. The summed E-state index contributed by atoms with van der Waals surface area (Å²) in [7, 11) is 4.63. The van der Waals surface area contributed by atoms with Gasteiger partial charge in [0.25, 0.3) is 23.6 Å². The van der Waals surface area contributed by atoms with Gasteiger partial charge < -0.3 is 70.9 Å². The second-order valence-corrected chi connectivity index (χ2v) is 25.3. The number of carboxylic acids is 4. The van der Waals surface area contributed by atoms with Crippen LogP contribution in [0.3, 0.4) is 0 Å². The number of ether oxygens (including phenoxy) is 4. The molecule has 0 spiro atoms. The highest BCUT2D eigenvalue weighted by Crippen LogP contribution is 2.37. The van der Waals surface area contributed by atoms with Gasteiger partial charge in [0.05, 0.1) is 72.9 Å². The maximum absolute atomic E-state index is 14.5. The van der Waals surface area contributed by atoms with Gasteiger partial charge in [-0.05, 0) is 190 Å². The molecule has 2 atom stereocenters. The predicted octanol–water partition coefficient (Wildman–Crippen LogP) is 16.0. The predicted molar refractivity (Wildman–Crippen MR) is 389 cm³/mol. The van der Waals surface area contributed by atoms with Gasteiger partial charge in [-0.15, -0.1) is 35.8 Å². The van der Waals surface area contributed by atoms with Gasteiger partial charge in [-0.2, -0.15) is 0 Å². The van der Waals surface area contributed by atoms with Gasteiger partial charge in [0.2, 0.25) is 0 Å². The van der Waals surface area contributed by atoms with Crippen molar-refractivity contribution < 1.29 is 123 Å². The number of nitrogens with one attached hydrogen (secondary N) is 4. The molecule has 568 valence electrons. The first-order chi connectivity index (χ1) is 52.3. The van der Waals surface area contributed by atoms with E-state index in [4.69, 9.17) is 34.6 Å². The Balaban J connectivity index is 0.000000169. The third kappa shape index (κ3) is 20.4. The van der Waals surface area contributed by atoms with E-state index in [1.165, 1.54) is 78.5 Å². The number of carboxylic acid groups (broad SMARTS) is 4. The van der Waals surface area contributed by atoms with Crippen LogP contribution in [0.4, 0.5) is 57.9 Å². The maximum atomic E-state index is 14.5. The van der Waals surface area contributed by atoms with Crippen LogP contribution in [-0.2, 0) is 19.2 Å². The van der Waals surface area contributed by atoms with E-state index in [1.54, 1.807) is 99.1 Å². The van der Waals surface area contributed by atoms with Gasteiger partial charge in [0, 0.05) is 11.1 Å². The number of carbonyl (C=O) groups excluding carboxylic acids is 4. The maximum Gasteiger partial charge on any atom is 0.573 e. The minimum atomic E-state index is -4.93. The van der Waals surface area contributed by atoms with Crippen LogP contribution >= 0.6 is 22.7 Å². The lowest BCUT2D eigenvalue weighted by Crippen LogP contribution is -2.23. The number of hydrogen-bond acceptors (Lipinski definition) is 16. The van der Waals surface area contributed by atoms with Crippen molar-refractivity contribution in [3.63, 3.8) is 0 Å². The summed E-state index contributed by atoms with van der Waals surface area (Å²) in [6, 6.07) is 43.2. The van der Waals surface area contributed by atoms with Crippen LogP contribution in [0.2, 0.25) is 0 Å². The molecule has 2 aromatic heterocycles. The number of rotatable bonds is 20. The summed E-state index contributed by atoms with van der Waals surface area (Å²) in [6.45, 7) is 0. The summed E-state index contributed by atoms with van der Waals surface area (Å²) in [5.41, 5.74) is 2.01. The number of halogens is 8. The summed E-state index contributed by atoms with van der Waals surface area (Å²) in [5.74, 6) is -11.4. The highest BCUT2D eigenvalue weighted by atomic mass is 32.1. The van der Waals surface area contributed by atoms with Crippen LogP contribution in [-0.4, -0.2) is 118 Å². The topological polar surface area (TPSA) is 343 Å². The molecule has 110 heavy (non-hydrogen) atoms. The van der Waals surface area contributed by atoms with Gasteiger partial charge in [-0.3, -0.25) is 19.2 Å². The highest BCUT2D eigenvalue weighted by Gasteiger charge is 2.35. The first-order valence-electron chi connectivity index (χ1n) is 32.2. The molecule has 32 heteroatoms. The molecule has 0 aliphatic heterocycles. The van der Waals surface area contributed by atoms with Gasteiger partial charge in [0.1, 0.15) is 67.5 Å². The molecule has 2 unspecified atom stereocenters. The van der Waals surface area contributed by atoms with E-state index < -0.39 is 107 Å². The molecule has 10 N–H and O–H groups in total. The number of alkyl halides is 3. The first-order valence-corrected chi connectivity index (χ1v) is 33.9. The Morgan fingerprint density at radius 3 is 1.11 bits per heavy atom. The van der Waals surface area contributed by atoms with Crippen molar-refractivity contribution in [2.75, 3.05) is 42.6 Å². The number of aliphatic hydroxyl groups excluding tert-OH is 2. The van der Waals surface area contributed by atoms with Crippen molar-refractivity contribution in [1.82, 2.24) is 0 Å². The second kappa shape index (κ2) is 36.0. The molecule has 22 nitrogen and oxygen atoms in total. The Morgan fingerprint density at radius 1 is 0.382 bits per heavy atom. The van der Waals surface area contributed by atoms with Crippen LogP contribution in [0.1, 0.15) is 65.7 Å². The molecule has 2 aliphatic carbocycles. The molecule has 0 bridgehead atoms. The number of aromatic carboxylic acids is 2. The van der Waals surface area contributed by atoms with E-state index >= 15 is 0 Å². The third-order valence-electron chi connectivity index (χ3n) is 16.4. The fraction of sp³-hybridized carbons (Fsp3) is 0.128. The average molecular weight is 1560 g/mol. The Hall–Kier alpha value is -13.0. The molecule has 12 rings (SSSR count). The molecule has 4 amide bonds. The number of hydrogen-bond donors (Lipinski definition) is 10. The normalized spacial score (nSPS) is 13.5. The monoisotopic (exact) mass is 1560 g/mol. The lowest BCUT2D eigenvalue weighted by atomic mass is 10.0. The lowest BCUT2D eigenvalue weighted by molar-refractivity contribution is -0.274. The number of amides is 4. The zero-order chi connectivity index (χ0) is 79.8. The average Bonchev–Trinajstić information content (AvgIpc) is 1.51. The summed E-state index contributed by atoms with van der Waals surface area (Å²) in [6.07, 6.45) is -6.77. The Bertz CT molecular complexity index is 5250. The second-order valence-electron chi connectivity index (χ2n) is 23.4. The molecule has 8 aromatic carbocycles. The number of methoxy groups -OCH3 is 3. The zero-order valence-corrected chi connectivity index (χ0v) is 58.9. The van der Waals surface area contributed by atoms with E-state index in [-0.39, 0.29) is 97.0 Å². The van der Waals surface area contributed by atoms with E-state index in [0.717, 1.165) is 63.6 Å². The van der Waals surface area contributed by atoms with Crippen molar-refractivity contribution in [2.24, 2.45) is 0 Å². The highest BCUT2D eigenvalue weighted by molar-refractivity contribution is 7.12. The summed E-state index contributed by atoms with van der Waals surface area (Å²) < 4.78 is 129. The first kappa shape index (κ1) is 81.0. The van der Waals surface area contributed by atoms with Gasteiger partial charge in [0.15, 0.2) is 0 Å². The third-order valence-corrected chi connectivity index (χ3v) is 18.2. The van der Waals surface area contributed by atoms with Crippen molar-refractivity contribution in [3.05, 3.63) is 259 Å². The lowest BCUT2D eigenvalue weighted by Gasteiger charge is -2.12. The largest absolute Gasteiger partial charge is 0.573 e. The number of benzene rings is 8. The van der Waals surface area contributed by atoms with E-state index in [1.807, 2.05) is 11.4 Å². The summed E-state index contributed by atoms with van der Waals surface area (Å²) in [5, 5.41) is 67.9. The molecule has 0 saturated heterocycles. The van der Waals surface area contributed by atoms with Gasteiger partial charge in [-0.1, -0.05) is 66.7 Å². The van der Waals surface area contributed by atoms with Crippen LogP contribution in [0.15, 0.2) is 209 Å². The van der Waals surface area contributed by atoms with Crippen molar-refractivity contribution in [1.29, 1.82) is 0 Å².